The number of aryl methyl sites for hydroxylation is 2. The van der Waals surface area contributed by atoms with E-state index in [-0.39, 0.29) is 0 Å². The number of hydrogen-bond acceptors (Lipinski definition) is 4. The zero-order chi connectivity index (χ0) is 13.9. The van der Waals surface area contributed by atoms with Crippen molar-refractivity contribution in [3.63, 3.8) is 0 Å². The number of nitrogens with one attached hydrogen (secondary N) is 1. The first-order chi connectivity index (χ1) is 9.78. The summed E-state index contributed by atoms with van der Waals surface area (Å²) in [4.78, 5) is 13.8. The average molecular weight is 268 g/mol. The van der Waals surface area contributed by atoms with Gasteiger partial charge in [0.2, 0.25) is 0 Å². The second-order valence-corrected chi connectivity index (χ2v) is 5.32. The van der Waals surface area contributed by atoms with Crippen molar-refractivity contribution < 1.29 is 0 Å². The van der Waals surface area contributed by atoms with Crippen molar-refractivity contribution in [3.8, 4) is 11.5 Å². The molecule has 1 aliphatic carbocycles. The lowest BCUT2D eigenvalue weighted by Gasteiger charge is -2.11. The summed E-state index contributed by atoms with van der Waals surface area (Å²) >= 11 is 0. The second kappa shape index (κ2) is 5.57. The maximum absolute atomic E-state index is 4.71. The predicted octanol–water partition coefficient (Wildman–Crippen LogP) is 3.16. The van der Waals surface area contributed by atoms with E-state index in [9.17, 15) is 0 Å². The van der Waals surface area contributed by atoms with E-state index in [4.69, 9.17) is 9.97 Å². The van der Waals surface area contributed by atoms with Crippen molar-refractivity contribution in [3.05, 3.63) is 35.2 Å². The summed E-state index contributed by atoms with van der Waals surface area (Å²) < 4.78 is 0. The maximum Gasteiger partial charge on any atom is 0.180 e. The molecule has 0 amide bonds. The van der Waals surface area contributed by atoms with E-state index < -0.39 is 0 Å². The van der Waals surface area contributed by atoms with E-state index in [0.29, 0.717) is 0 Å². The molecule has 0 bridgehead atoms. The number of rotatable bonds is 4. The number of hydrogen-bond donors (Lipinski definition) is 1. The van der Waals surface area contributed by atoms with Gasteiger partial charge in [-0.05, 0) is 44.2 Å². The zero-order valence-corrected chi connectivity index (χ0v) is 12.1. The number of aromatic nitrogens is 3. The molecule has 0 atom stereocenters. The van der Waals surface area contributed by atoms with Crippen LogP contribution in [-0.2, 0) is 12.8 Å². The van der Waals surface area contributed by atoms with Crippen LogP contribution in [0.3, 0.4) is 0 Å². The summed E-state index contributed by atoms with van der Waals surface area (Å²) in [5, 5.41) is 3.44. The van der Waals surface area contributed by atoms with E-state index in [1.54, 1.807) is 0 Å². The average Bonchev–Trinajstić information content (AvgIpc) is 2.94. The summed E-state index contributed by atoms with van der Waals surface area (Å²) in [6.07, 6.45) is 6.28. The summed E-state index contributed by atoms with van der Waals surface area (Å²) in [7, 11) is 0. The highest BCUT2D eigenvalue weighted by molar-refractivity contribution is 5.57. The minimum Gasteiger partial charge on any atom is -0.370 e. The monoisotopic (exact) mass is 268 g/mol. The van der Waals surface area contributed by atoms with Crippen LogP contribution in [0.25, 0.3) is 11.5 Å². The van der Waals surface area contributed by atoms with Gasteiger partial charge in [-0.2, -0.15) is 0 Å². The molecule has 0 aliphatic heterocycles. The van der Waals surface area contributed by atoms with E-state index in [0.717, 1.165) is 48.7 Å². The normalized spacial score (nSPS) is 13.3. The van der Waals surface area contributed by atoms with Crippen LogP contribution in [0.4, 0.5) is 5.82 Å². The first-order valence-corrected chi connectivity index (χ1v) is 7.34. The van der Waals surface area contributed by atoms with Crippen LogP contribution in [0.1, 0.15) is 36.6 Å². The number of fused-ring (bicyclic) bond motifs is 1. The molecule has 4 heteroatoms. The van der Waals surface area contributed by atoms with Crippen LogP contribution in [0, 0.1) is 6.92 Å². The van der Waals surface area contributed by atoms with Crippen LogP contribution < -0.4 is 5.32 Å². The quantitative estimate of drug-likeness (QED) is 0.925. The number of nitrogens with zero attached hydrogens (tertiary/aromatic N) is 3. The van der Waals surface area contributed by atoms with Crippen molar-refractivity contribution in [1.29, 1.82) is 0 Å². The van der Waals surface area contributed by atoms with Gasteiger partial charge in [0.05, 0.1) is 0 Å². The third-order valence-corrected chi connectivity index (χ3v) is 3.62. The molecular formula is C16H20N4. The fraction of sp³-hybridized carbons (Fsp3) is 0.438. The van der Waals surface area contributed by atoms with Crippen LogP contribution in [0.2, 0.25) is 0 Å². The first-order valence-electron chi connectivity index (χ1n) is 7.34. The Morgan fingerprint density at radius 1 is 1.20 bits per heavy atom. The molecule has 0 spiro atoms. The lowest BCUT2D eigenvalue weighted by molar-refractivity contribution is 0.899. The van der Waals surface area contributed by atoms with Gasteiger partial charge in [-0.15, -0.1) is 0 Å². The summed E-state index contributed by atoms with van der Waals surface area (Å²) in [6.45, 7) is 5.15. The molecule has 2 aromatic rings. The van der Waals surface area contributed by atoms with E-state index in [1.807, 2.05) is 19.2 Å². The van der Waals surface area contributed by atoms with Gasteiger partial charge in [-0.1, -0.05) is 13.0 Å². The summed E-state index contributed by atoms with van der Waals surface area (Å²) in [5.74, 6) is 1.75. The lowest BCUT2D eigenvalue weighted by Crippen LogP contribution is -2.08. The lowest BCUT2D eigenvalue weighted by atomic mass is 10.2. The molecule has 0 unspecified atom stereocenters. The van der Waals surface area contributed by atoms with Crippen molar-refractivity contribution in [1.82, 2.24) is 15.0 Å². The minimum absolute atomic E-state index is 0.740. The second-order valence-electron chi connectivity index (χ2n) is 5.32. The van der Waals surface area contributed by atoms with Crippen molar-refractivity contribution in [2.24, 2.45) is 0 Å². The predicted molar refractivity (Wildman–Crippen MR) is 80.8 cm³/mol. The SMILES string of the molecule is CCCNc1nc(-c2ccc(C)cn2)nc2c1CCC2. The highest BCUT2D eigenvalue weighted by Gasteiger charge is 2.19. The molecule has 20 heavy (non-hydrogen) atoms. The molecule has 0 saturated heterocycles. The van der Waals surface area contributed by atoms with E-state index in [1.165, 1.54) is 17.7 Å². The Kier molecular flexibility index (Phi) is 3.63. The van der Waals surface area contributed by atoms with Gasteiger partial charge in [0, 0.05) is 24.0 Å². The highest BCUT2D eigenvalue weighted by atomic mass is 15.0. The Morgan fingerprint density at radius 3 is 2.85 bits per heavy atom. The molecule has 0 fully saturated rings. The molecule has 0 saturated carbocycles. The molecule has 0 aromatic carbocycles. The minimum atomic E-state index is 0.740. The first kappa shape index (κ1) is 13.0. The Balaban J connectivity index is 2.01. The van der Waals surface area contributed by atoms with Crippen molar-refractivity contribution in [2.45, 2.75) is 39.5 Å². The summed E-state index contributed by atoms with van der Waals surface area (Å²) in [6, 6.07) is 4.05. The molecule has 4 nitrogen and oxygen atoms in total. The third-order valence-electron chi connectivity index (χ3n) is 3.62. The third kappa shape index (κ3) is 2.50. The van der Waals surface area contributed by atoms with E-state index in [2.05, 4.69) is 23.3 Å². The molecule has 1 aliphatic rings. The molecule has 1 N–H and O–H groups in total. The van der Waals surface area contributed by atoms with Crippen molar-refractivity contribution in [2.75, 3.05) is 11.9 Å². The Labute approximate surface area is 119 Å². The van der Waals surface area contributed by atoms with Gasteiger partial charge in [0.1, 0.15) is 11.5 Å². The van der Waals surface area contributed by atoms with Gasteiger partial charge in [0.25, 0.3) is 0 Å². The molecule has 2 aromatic heterocycles. The van der Waals surface area contributed by atoms with Crippen LogP contribution in [-0.4, -0.2) is 21.5 Å². The van der Waals surface area contributed by atoms with Crippen LogP contribution in [0.5, 0.6) is 0 Å². The standard InChI is InChI=1S/C16H20N4/c1-3-9-17-15-12-5-4-6-13(12)19-16(20-15)14-8-7-11(2)10-18-14/h7-8,10H,3-6,9H2,1-2H3,(H,17,19,20). The van der Waals surface area contributed by atoms with Crippen LogP contribution >= 0.6 is 0 Å². The zero-order valence-electron chi connectivity index (χ0n) is 12.1. The smallest absolute Gasteiger partial charge is 0.180 e. The summed E-state index contributed by atoms with van der Waals surface area (Å²) in [5.41, 5.74) is 4.49. The van der Waals surface area contributed by atoms with Crippen LogP contribution in [0.15, 0.2) is 18.3 Å². The fourth-order valence-electron chi connectivity index (χ4n) is 2.54. The topological polar surface area (TPSA) is 50.7 Å². The molecule has 3 rings (SSSR count). The molecule has 104 valence electrons. The number of pyridine rings is 1. The van der Waals surface area contributed by atoms with Gasteiger partial charge < -0.3 is 5.32 Å². The largest absolute Gasteiger partial charge is 0.370 e. The van der Waals surface area contributed by atoms with Gasteiger partial charge in [-0.25, -0.2) is 9.97 Å². The Bertz CT molecular complexity index is 605. The highest BCUT2D eigenvalue weighted by Crippen LogP contribution is 2.28. The van der Waals surface area contributed by atoms with Gasteiger partial charge in [-0.3, -0.25) is 4.98 Å². The molecular weight excluding hydrogens is 248 g/mol. The van der Waals surface area contributed by atoms with Crippen molar-refractivity contribution >= 4 is 5.82 Å². The maximum atomic E-state index is 4.71. The van der Waals surface area contributed by atoms with Gasteiger partial charge >= 0.3 is 0 Å². The fourth-order valence-corrected chi connectivity index (χ4v) is 2.54. The molecule has 0 radical (unpaired) electrons. The van der Waals surface area contributed by atoms with Gasteiger partial charge in [0.15, 0.2) is 5.82 Å². The van der Waals surface area contributed by atoms with E-state index >= 15 is 0 Å². The Hall–Kier alpha value is -1.97. The molecule has 2 heterocycles. The Morgan fingerprint density at radius 2 is 2.10 bits per heavy atom. The number of anilines is 1.